The number of nitrogens with zero attached hydrogens (tertiary/aromatic N) is 3. The summed E-state index contributed by atoms with van der Waals surface area (Å²) in [5.41, 5.74) is 0.706. The molecular formula is C7H9N3O2. The molecule has 0 bridgehead atoms. The predicted octanol–water partition coefficient (Wildman–Crippen LogP) is 0.275. The van der Waals surface area contributed by atoms with Gasteiger partial charge in [0.15, 0.2) is 5.69 Å². The number of carbonyl (C=O) groups excluding carboxylic acids is 1. The molecule has 0 N–H and O–H groups in total. The first-order valence-electron chi connectivity index (χ1n) is 3.41. The van der Waals surface area contributed by atoms with E-state index in [4.69, 9.17) is 0 Å². The van der Waals surface area contributed by atoms with E-state index in [-0.39, 0.29) is 5.69 Å². The maximum atomic E-state index is 11.0. The molecule has 0 unspecified atom stereocenters. The average molecular weight is 167 g/mol. The quantitative estimate of drug-likeness (QED) is 0.562. The SMILES string of the molecule is COC(=O)c1nnc(C)nc1C. The number of methoxy groups -OCH3 is 1. The van der Waals surface area contributed by atoms with Gasteiger partial charge in [0.05, 0.1) is 12.8 Å². The molecular weight excluding hydrogens is 158 g/mol. The van der Waals surface area contributed by atoms with Crippen LogP contribution in [-0.2, 0) is 4.74 Å². The zero-order valence-corrected chi connectivity index (χ0v) is 7.16. The molecule has 12 heavy (non-hydrogen) atoms. The summed E-state index contributed by atoms with van der Waals surface area (Å²) in [7, 11) is 1.29. The Morgan fingerprint density at radius 2 is 2.00 bits per heavy atom. The van der Waals surface area contributed by atoms with Gasteiger partial charge in [-0.05, 0) is 13.8 Å². The van der Waals surface area contributed by atoms with Crippen molar-refractivity contribution < 1.29 is 9.53 Å². The van der Waals surface area contributed by atoms with Crippen molar-refractivity contribution in [3.8, 4) is 0 Å². The van der Waals surface area contributed by atoms with Gasteiger partial charge >= 0.3 is 5.97 Å². The standard InChI is InChI=1S/C7H9N3O2/c1-4-6(7(11)12-3)10-9-5(2)8-4/h1-3H3. The summed E-state index contributed by atoms with van der Waals surface area (Å²) < 4.78 is 4.48. The minimum absolute atomic E-state index is 0.170. The Kier molecular flexibility index (Phi) is 2.32. The van der Waals surface area contributed by atoms with Crippen LogP contribution in [0, 0.1) is 13.8 Å². The fourth-order valence-corrected chi connectivity index (χ4v) is 0.798. The molecule has 1 heterocycles. The fraction of sp³-hybridized carbons (Fsp3) is 0.429. The number of aromatic nitrogens is 3. The molecule has 0 saturated heterocycles. The lowest BCUT2D eigenvalue weighted by Gasteiger charge is -2.00. The lowest BCUT2D eigenvalue weighted by Crippen LogP contribution is -2.10. The molecule has 0 saturated carbocycles. The van der Waals surface area contributed by atoms with Crippen LogP contribution < -0.4 is 0 Å². The normalized spacial score (nSPS) is 9.58. The van der Waals surface area contributed by atoms with Gasteiger partial charge in [-0.2, -0.15) is 0 Å². The van der Waals surface area contributed by atoms with Crippen LogP contribution in [-0.4, -0.2) is 28.3 Å². The molecule has 0 aliphatic heterocycles. The Labute approximate surface area is 69.8 Å². The van der Waals surface area contributed by atoms with Crippen LogP contribution in [0.15, 0.2) is 0 Å². The van der Waals surface area contributed by atoms with E-state index in [2.05, 4.69) is 19.9 Å². The third-order valence-corrected chi connectivity index (χ3v) is 1.35. The van der Waals surface area contributed by atoms with Crippen molar-refractivity contribution in [2.45, 2.75) is 13.8 Å². The molecule has 0 fully saturated rings. The fourth-order valence-electron chi connectivity index (χ4n) is 0.798. The number of rotatable bonds is 1. The van der Waals surface area contributed by atoms with Crippen LogP contribution in [0.2, 0.25) is 0 Å². The number of esters is 1. The topological polar surface area (TPSA) is 65.0 Å². The molecule has 0 radical (unpaired) electrons. The number of hydrogen-bond acceptors (Lipinski definition) is 5. The van der Waals surface area contributed by atoms with Gasteiger partial charge in [0.1, 0.15) is 5.82 Å². The van der Waals surface area contributed by atoms with Crippen LogP contribution in [0.3, 0.4) is 0 Å². The molecule has 1 aromatic heterocycles. The first-order valence-corrected chi connectivity index (χ1v) is 3.41. The van der Waals surface area contributed by atoms with Gasteiger partial charge in [0.2, 0.25) is 0 Å². The molecule has 0 aliphatic carbocycles. The Morgan fingerprint density at radius 1 is 1.33 bits per heavy atom. The highest BCUT2D eigenvalue weighted by Gasteiger charge is 2.12. The van der Waals surface area contributed by atoms with Gasteiger partial charge in [-0.15, -0.1) is 10.2 Å². The van der Waals surface area contributed by atoms with Crippen molar-refractivity contribution in [1.82, 2.24) is 15.2 Å². The highest BCUT2D eigenvalue weighted by atomic mass is 16.5. The van der Waals surface area contributed by atoms with Crippen LogP contribution in [0.4, 0.5) is 0 Å². The van der Waals surface area contributed by atoms with Crippen molar-refractivity contribution in [1.29, 1.82) is 0 Å². The molecule has 0 aliphatic rings. The van der Waals surface area contributed by atoms with Crippen LogP contribution in [0.1, 0.15) is 22.0 Å². The van der Waals surface area contributed by atoms with E-state index < -0.39 is 5.97 Å². The number of aryl methyl sites for hydroxylation is 2. The average Bonchev–Trinajstić information content (AvgIpc) is 2.03. The zero-order chi connectivity index (χ0) is 9.14. The van der Waals surface area contributed by atoms with Crippen molar-refractivity contribution in [2.24, 2.45) is 0 Å². The van der Waals surface area contributed by atoms with Crippen molar-refractivity contribution in [3.05, 3.63) is 17.2 Å². The molecule has 64 valence electrons. The summed E-state index contributed by atoms with van der Waals surface area (Å²) in [6.07, 6.45) is 0. The highest BCUT2D eigenvalue weighted by molar-refractivity contribution is 5.87. The lowest BCUT2D eigenvalue weighted by molar-refractivity contribution is 0.0591. The second-order valence-electron chi connectivity index (χ2n) is 2.28. The van der Waals surface area contributed by atoms with E-state index in [1.54, 1.807) is 13.8 Å². The highest BCUT2D eigenvalue weighted by Crippen LogP contribution is 2.00. The monoisotopic (exact) mass is 167 g/mol. The van der Waals surface area contributed by atoms with E-state index in [9.17, 15) is 4.79 Å². The minimum Gasteiger partial charge on any atom is -0.464 e. The second-order valence-corrected chi connectivity index (χ2v) is 2.28. The summed E-state index contributed by atoms with van der Waals surface area (Å²) >= 11 is 0. The molecule has 1 aromatic rings. The molecule has 1 rings (SSSR count). The molecule has 0 aromatic carbocycles. The predicted molar refractivity (Wildman–Crippen MR) is 40.6 cm³/mol. The summed E-state index contributed by atoms with van der Waals surface area (Å²) in [5.74, 6) is 0.0349. The van der Waals surface area contributed by atoms with Crippen LogP contribution in [0.25, 0.3) is 0 Å². The van der Waals surface area contributed by atoms with Crippen LogP contribution >= 0.6 is 0 Å². The lowest BCUT2D eigenvalue weighted by atomic mass is 10.3. The molecule has 5 nitrogen and oxygen atoms in total. The first kappa shape index (κ1) is 8.58. The zero-order valence-electron chi connectivity index (χ0n) is 7.16. The maximum absolute atomic E-state index is 11.0. The van der Waals surface area contributed by atoms with Gasteiger partial charge in [0.25, 0.3) is 0 Å². The number of hydrogen-bond donors (Lipinski definition) is 0. The second kappa shape index (κ2) is 3.25. The van der Waals surface area contributed by atoms with Gasteiger partial charge in [-0.3, -0.25) is 0 Å². The van der Waals surface area contributed by atoms with Crippen molar-refractivity contribution in [2.75, 3.05) is 7.11 Å². The van der Waals surface area contributed by atoms with Crippen LogP contribution in [0.5, 0.6) is 0 Å². The third kappa shape index (κ3) is 1.55. The Bertz CT molecular complexity index is 312. The van der Waals surface area contributed by atoms with Gasteiger partial charge < -0.3 is 4.74 Å². The first-order chi connectivity index (χ1) is 5.65. The minimum atomic E-state index is -0.507. The van der Waals surface area contributed by atoms with E-state index in [0.717, 1.165) is 0 Å². The molecule has 0 atom stereocenters. The summed E-state index contributed by atoms with van der Waals surface area (Å²) in [4.78, 5) is 14.9. The Morgan fingerprint density at radius 3 is 2.50 bits per heavy atom. The van der Waals surface area contributed by atoms with E-state index in [1.807, 2.05) is 0 Å². The maximum Gasteiger partial charge on any atom is 0.360 e. The van der Waals surface area contributed by atoms with Crippen molar-refractivity contribution in [3.63, 3.8) is 0 Å². The molecule has 0 spiro atoms. The molecule has 5 heteroatoms. The summed E-state index contributed by atoms with van der Waals surface area (Å²) in [5, 5.41) is 7.31. The largest absolute Gasteiger partial charge is 0.464 e. The van der Waals surface area contributed by atoms with E-state index in [1.165, 1.54) is 7.11 Å². The summed E-state index contributed by atoms with van der Waals surface area (Å²) in [6.45, 7) is 3.40. The third-order valence-electron chi connectivity index (χ3n) is 1.35. The summed E-state index contributed by atoms with van der Waals surface area (Å²) in [6, 6.07) is 0. The smallest absolute Gasteiger partial charge is 0.360 e. The van der Waals surface area contributed by atoms with Crippen molar-refractivity contribution >= 4 is 5.97 Å². The Hall–Kier alpha value is -1.52. The van der Waals surface area contributed by atoms with Gasteiger partial charge in [-0.25, -0.2) is 9.78 Å². The number of carbonyl (C=O) groups is 1. The Balaban J connectivity index is 3.09. The van der Waals surface area contributed by atoms with Gasteiger partial charge in [0, 0.05) is 0 Å². The molecule has 0 amide bonds. The number of ether oxygens (including phenoxy) is 1. The van der Waals surface area contributed by atoms with E-state index in [0.29, 0.717) is 11.5 Å². The van der Waals surface area contributed by atoms with Gasteiger partial charge in [-0.1, -0.05) is 0 Å². The van der Waals surface area contributed by atoms with E-state index >= 15 is 0 Å².